The highest BCUT2D eigenvalue weighted by Crippen LogP contribution is 2.29. The molecule has 1 aliphatic rings. The molecule has 0 spiro atoms. The number of aryl methyl sites for hydroxylation is 2. The van der Waals surface area contributed by atoms with E-state index >= 15 is 0 Å². The molecule has 1 aromatic carbocycles. The van der Waals surface area contributed by atoms with Crippen LogP contribution >= 0.6 is 0 Å². The highest BCUT2D eigenvalue weighted by molar-refractivity contribution is 6.01. The first-order valence-corrected chi connectivity index (χ1v) is 5.63. The van der Waals surface area contributed by atoms with Crippen LogP contribution in [0.5, 0.6) is 0 Å². The second-order valence-corrected chi connectivity index (χ2v) is 4.19. The molecule has 0 radical (unpaired) electrons. The number of amides is 1. The molecule has 0 aromatic heterocycles. The lowest BCUT2D eigenvalue weighted by Gasteiger charge is -2.11. The molecule has 0 unspecified atom stereocenters. The summed E-state index contributed by atoms with van der Waals surface area (Å²) in [6, 6.07) is 3.72. The highest BCUT2D eigenvalue weighted by atomic mass is 16.5. The van der Waals surface area contributed by atoms with Crippen LogP contribution in [0.1, 0.15) is 34.8 Å². The summed E-state index contributed by atoms with van der Waals surface area (Å²) in [4.78, 5) is 22.8. The lowest BCUT2D eigenvalue weighted by molar-refractivity contribution is -0.114. The molecule has 0 saturated carbocycles. The first kappa shape index (κ1) is 11.6. The number of anilines is 1. The fourth-order valence-electron chi connectivity index (χ4n) is 2.20. The van der Waals surface area contributed by atoms with Gasteiger partial charge in [-0.2, -0.15) is 0 Å². The molecular weight excluding hydrogens is 218 g/mol. The zero-order valence-electron chi connectivity index (χ0n) is 10.0. The molecule has 1 N–H and O–H groups in total. The van der Waals surface area contributed by atoms with Crippen LogP contribution in [0.4, 0.5) is 5.69 Å². The lowest BCUT2D eigenvalue weighted by Crippen LogP contribution is -2.12. The van der Waals surface area contributed by atoms with Crippen molar-refractivity contribution in [2.24, 2.45) is 0 Å². The van der Waals surface area contributed by atoms with E-state index in [4.69, 9.17) is 4.74 Å². The summed E-state index contributed by atoms with van der Waals surface area (Å²) in [6.07, 6.45) is 3.09. The molecule has 90 valence electrons. The number of fused-ring (bicyclic) bond motifs is 1. The molecule has 1 aromatic rings. The Bertz CT molecular complexity index is 480. The van der Waals surface area contributed by atoms with Crippen LogP contribution in [0.15, 0.2) is 12.1 Å². The van der Waals surface area contributed by atoms with E-state index in [0.717, 1.165) is 19.3 Å². The van der Waals surface area contributed by atoms with Crippen LogP contribution in [-0.4, -0.2) is 19.0 Å². The molecule has 0 atom stereocenters. The van der Waals surface area contributed by atoms with Crippen LogP contribution in [0.2, 0.25) is 0 Å². The van der Waals surface area contributed by atoms with Gasteiger partial charge in [0.15, 0.2) is 0 Å². The van der Waals surface area contributed by atoms with E-state index in [1.807, 2.05) is 12.1 Å². The normalized spacial score (nSPS) is 13.1. The van der Waals surface area contributed by atoms with Gasteiger partial charge in [0.2, 0.25) is 5.91 Å². The first-order valence-electron chi connectivity index (χ1n) is 5.63. The number of rotatable bonds is 2. The molecule has 0 aliphatic heterocycles. The van der Waals surface area contributed by atoms with Crippen molar-refractivity contribution in [3.05, 3.63) is 28.8 Å². The van der Waals surface area contributed by atoms with Gasteiger partial charge in [0.25, 0.3) is 0 Å². The maximum Gasteiger partial charge on any atom is 0.339 e. The predicted octanol–water partition coefficient (Wildman–Crippen LogP) is 1.92. The number of nitrogens with one attached hydrogen (secondary N) is 1. The fourth-order valence-corrected chi connectivity index (χ4v) is 2.20. The average Bonchev–Trinajstić information content (AvgIpc) is 2.73. The second-order valence-electron chi connectivity index (χ2n) is 4.19. The van der Waals surface area contributed by atoms with E-state index in [2.05, 4.69) is 5.32 Å². The summed E-state index contributed by atoms with van der Waals surface area (Å²) in [7, 11) is 1.34. The minimum atomic E-state index is -0.413. The van der Waals surface area contributed by atoms with Gasteiger partial charge in [-0.05, 0) is 42.5 Å². The summed E-state index contributed by atoms with van der Waals surface area (Å²) >= 11 is 0. The predicted molar refractivity (Wildman–Crippen MR) is 64.1 cm³/mol. The quantitative estimate of drug-likeness (QED) is 0.794. The third kappa shape index (κ3) is 2.30. The number of hydrogen-bond acceptors (Lipinski definition) is 3. The minimum absolute atomic E-state index is 0.187. The minimum Gasteiger partial charge on any atom is -0.465 e. The van der Waals surface area contributed by atoms with Crippen LogP contribution < -0.4 is 5.32 Å². The molecule has 1 aliphatic carbocycles. The Morgan fingerprint density at radius 1 is 1.24 bits per heavy atom. The molecular formula is C13H15NO3. The van der Waals surface area contributed by atoms with Crippen molar-refractivity contribution < 1.29 is 14.3 Å². The van der Waals surface area contributed by atoms with Crippen molar-refractivity contribution in [2.75, 3.05) is 12.4 Å². The van der Waals surface area contributed by atoms with E-state index in [1.54, 1.807) is 0 Å². The Labute approximate surface area is 100.0 Å². The van der Waals surface area contributed by atoms with Crippen molar-refractivity contribution in [1.82, 2.24) is 0 Å². The topological polar surface area (TPSA) is 55.4 Å². The maximum atomic E-state index is 11.6. The molecule has 17 heavy (non-hydrogen) atoms. The van der Waals surface area contributed by atoms with Crippen molar-refractivity contribution >= 4 is 17.6 Å². The van der Waals surface area contributed by atoms with E-state index in [1.165, 1.54) is 25.2 Å². The van der Waals surface area contributed by atoms with E-state index in [9.17, 15) is 9.59 Å². The van der Waals surface area contributed by atoms with Gasteiger partial charge < -0.3 is 10.1 Å². The van der Waals surface area contributed by atoms with Gasteiger partial charge in [0.05, 0.1) is 18.4 Å². The van der Waals surface area contributed by atoms with Gasteiger partial charge >= 0.3 is 5.97 Å². The van der Waals surface area contributed by atoms with Crippen LogP contribution in [0, 0.1) is 0 Å². The van der Waals surface area contributed by atoms with Crippen LogP contribution in [0.3, 0.4) is 0 Å². The number of benzene rings is 1. The fraction of sp³-hybridized carbons (Fsp3) is 0.385. The van der Waals surface area contributed by atoms with Crippen molar-refractivity contribution in [1.29, 1.82) is 0 Å². The molecule has 1 amide bonds. The van der Waals surface area contributed by atoms with Gasteiger partial charge in [-0.3, -0.25) is 4.79 Å². The smallest absolute Gasteiger partial charge is 0.339 e. The van der Waals surface area contributed by atoms with E-state index in [-0.39, 0.29) is 5.91 Å². The largest absolute Gasteiger partial charge is 0.465 e. The Kier molecular flexibility index (Phi) is 3.13. The van der Waals surface area contributed by atoms with Gasteiger partial charge in [-0.25, -0.2) is 4.79 Å². The molecule has 0 fully saturated rings. The Balaban J connectivity index is 2.46. The number of carbonyl (C=O) groups is 2. The van der Waals surface area contributed by atoms with Crippen molar-refractivity contribution in [2.45, 2.75) is 26.2 Å². The molecule has 0 bridgehead atoms. The summed E-state index contributed by atoms with van der Waals surface area (Å²) in [6.45, 7) is 1.42. The monoisotopic (exact) mass is 233 g/mol. The molecule has 2 rings (SSSR count). The van der Waals surface area contributed by atoms with Gasteiger partial charge in [0.1, 0.15) is 0 Å². The Hall–Kier alpha value is -1.84. The molecule has 4 nitrogen and oxygen atoms in total. The third-order valence-electron chi connectivity index (χ3n) is 2.95. The highest BCUT2D eigenvalue weighted by Gasteiger charge is 2.19. The van der Waals surface area contributed by atoms with Crippen LogP contribution in [-0.2, 0) is 22.4 Å². The van der Waals surface area contributed by atoms with Gasteiger partial charge in [-0.15, -0.1) is 0 Å². The van der Waals surface area contributed by atoms with Crippen LogP contribution in [0.25, 0.3) is 0 Å². The van der Waals surface area contributed by atoms with E-state index < -0.39 is 5.97 Å². The average molecular weight is 233 g/mol. The van der Waals surface area contributed by atoms with E-state index in [0.29, 0.717) is 11.3 Å². The number of esters is 1. The molecule has 0 heterocycles. The SMILES string of the molecule is COC(=O)c1cc2c(cc1NC(C)=O)CCC2. The van der Waals surface area contributed by atoms with Gasteiger partial charge in [0, 0.05) is 6.92 Å². The third-order valence-corrected chi connectivity index (χ3v) is 2.95. The standard InChI is InChI=1S/C13H15NO3/c1-8(15)14-12-7-10-5-3-4-9(10)6-11(12)13(16)17-2/h6-7H,3-5H2,1-2H3,(H,14,15). The van der Waals surface area contributed by atoms with Crippen molar-refractivity contribution in [3.8, 4) is 0 Å². The summed E-state index contributed by atoms with van der Waals surface area (Å²) < 4.78 is 4.73. The maximum absolute atomic E-state index is 11.6. The Morgan fingerprint density at radius 2 is 1.88 bits per heavy atom. The first-order chi connectivity index (χ1) is 8.11. The summed E-state index contributed by atoms with van der Waals surface area (Å²) in [5.41, 5.74) is 3.37. The van der Waals surface area contributed by atoms with Crippen molar-refractivity contribution in [3.63, 3.8) is 0 Å². The van der Waals surface area contributed by atoms with Gasteiger partial charge in [-0.1, -0.05) is 0 Å². The lowest BCUT2D eigenvalue weighted by atomic mass is 10.0. The summed E-state index contributed by atoms with van der Waals surface area (Å²) in [5, 5.41) is 2.68. The molecule has 4 heteroatoms. The number of hydrogen-bond donors (Lipinski definition) is 1. The zero-order chi connectivity index (χ0) is 12.4. The zero-order valence-corrected chi connectivity index (χ0v) is 10.0. The Morgan fingerprint density at radius 3 is 2.47 bits per heavy atom. The summed E-state index contributed by atoms with van der Waals surface area (Å²) in [5.74, 6) is -0.600. The number of ether oxygens (including phenoxy) is 1. The second kappa shape index (κ2) is 4.57. The number of carbonyl (C=O) groups excluding carboxylic acids is 2. The number of methoxy groups -OCH3 is 1. The molecule has 0 saturated heterocycles.